The first kappa shape index (κ1) is 13.3. The maximum absolute atomic E-state index is 9.80. The summed E-state index contributed by atoms with van der Waals surface area (Å²) in [6.45, 7) is 6.62. The molecule has 1 fully saturated rings. The standard InChI is InChI=1S/C14H22N2O2/c1-12(18)13-4-2-3-5-14(13)16-8-6-15(7-9-16)10-11-17/h2-5,12,17-18H,6-11H2,1H3/t12-/m0/s1. The number of nitrogens with zero attached hydrogens (tertiary/aromatic N) is 2. The Morgan fingerprint density at radius 2 is 1.83 bits per heavy atom. The van der Waals surface area contributed by atoms with Crippen LogP contribution in [0.5, 0.6) is 0 Å². The first-order valence-electron chi connectivity index (χ1n) is 6.57. The quantitative estimate of drug-likeness (QED) is 0.832. The van der Waals surface area contributed by atoms with Gasteiger partial charge in [-0.3, -0.25) is 4.90 Å². The van der Waals surface area contributed by atoms with Crippen molar-refractivity contribution in [3.63, 3.8) is 0 Å². The highest BCUT2D eigenvalue weighted by Crippen LogP contribution is 2.26. The highest BCUT2D eigenvalue weighted by molar-refractivity contribution is 5.54. The lowest BCUT2D eigenvalue weighted by Crippen LogP contribution is -2.47. The second kappa shape index (κ2) is 6.18. The molecule has 0 bridgehead atoms. The molecule has 0 amide bonds. The Balaban J connectivity index is 2.05. The Bertz CT molecular complexity index is 374. The van der Waals surface area contributed by atoms with Crippen molar-refractivity contribution in [1.82, 2.24) is 4.90 Å². The molecule has 1 aliphatic rings. The van der Waals surface area contributed by atoms with Crippen LogP contribution in [0.15, 0.2) is 24.3 Å². The third-order valence-electron chi connectivity index (χ3n) is 3.52. The zero-order valence-electron chi connectivity index (χ0n) is 10.9. The van der Waals surface area contributed by atoms with Gasteiger partial charge >= 0.3 is 0 Å². The number of aliphatic hydroxyl groups is 2. The van der Waals surface area contributed by atoms with E-state index >= 15 is 0 Å². The molecule has 1 aromatic rings. The normalized spacial score (nSPS) is 18.9. The molecule has 2 rings (SSSR count). The van der Waals surface area contributed by atoms with Crippen LogP contribution in [-0.2, 0) is 0 Å². The van der Waals surface area contributed by atoms with Crippen molar-refractivity contribution >= 4 is 5.69 Å². The van der Waals surface area contributed by atoms with Crippen molar-refractivity contribution in [3.05, 3.63) is 29.8 Å². The summed E-state index contributed by atoms with van der Waals surface area (Å²) in [5, 5.41) is 18.7. The van der Waals surface area contributed by atoms with Gasteiger partial charge in [-0.1, -0.05) is 18.2 Å². The highest BCUT2D eigenvalue weighted by atomic mass is 16.3. The van der Waals surface area contributed by atoms with Gasteiger partial charge in [0, 0.05) is 44.0 Å². The van der Waals surface area contributed by atoms with E-state index in [0.717, 1.165) is 44.0 Å². The average Bonchev–Trinajstić information content (AvgIpc) is 2.40. The summed E-state index contributed by atoms with van der Waals surface area (Å²) in [5.74, 6) is 0. The van der Waals surface area contributed by atoms with Gasteiger partial charge in [0.25, 0.3) is 0 Å². The van der Waals surface area contributed by atoms with Gasteiger partial charge in [-0.15, -0.1) is 0 Å². The molecule has 0 aromatic heterocycles. The van der Waals surface area contributed by atoms with Crippen molar-refractivity contribution in [2.75, 3.05) is 44.2 Å². The molecular formula is C14H22N2O2. The van der Waals surface area contributed by atoms with Crippen molar-refractivity contribution in [1.29, 1.82) is 0 Å². The molecule has 18 heavy (non-hydrogen) atoms. The van der Waals surface area contributed by atoms with Crippen molar-refractivity contribution in [2.45, 2.75) is 13.0 Å². The molecule has 1 heterocycles. The van der Waals surface area contributed by atoms with Gasteiger partial charge < -0.3 is 15.1 Å². The fraction of sp³-hybridized carbons (Fsp3) is 0.571. The molecule has 1 atom stereocenters. The number of aliphatic hydroxyl groups excluding tert-OH is 2. The van der Waals surface area contributed by atoms with Crippen LogP contribution in [-0.4, -0.2) is 54.4 Å². The summed E-state index contributed by atoms with van der Waals surface area (Å²) >= 11 is 0. The number of anilines is 1. The second-order valence-electron chi connectivity index (χ2n) is 4.79. The predicted molar refractivity (Wildman–Crippen MR) is 72.8 cm³/mol. The maximum Gasteiger partial charge on any atom is 0.0781 e. The molecule has 0 aliphatic carbocycles. The summed E-state index contributed by atoms with van der Waals surface area (Å²) in [5.41, 5.74) is 2.13. The van der Waals surface area contributed by atoms with Crippen molar-refractivity contribution in [3.8, 4) is 0 Å². The third kappa shape index (κ3) is 3.02. The van der Waals surface area contributed by atoms with E-state index in [0.29, 0.717) is 0 Å². The summed E-state index contributed by atoms with van der Waals surface area (Å²) in [7, 11) is 0. The van der Waals surface area contributed by atoms with E-state index in [4.69, 9.17) is 5.11 Å². The average molecular weight is 250 g/mol. The Kier molecular flexibility index (Phi) is 4.58. The molecule has 1 saturated heterocycles. The molecule has 100 valence electrons. The lowest BCUT2D eigenvalue weighted by molar-refractivity contribution is 0.187. The SMILES string of the molecule is C[C@H](O)c1ccccc1N1CCN(CCO)CC1. The Labute approximate surface area is 108 Å². The first-order valence-corrected chi connectivity index (χ1v) is 6.57. The summed E-state index contributed by atoms with van der Waals surface area (Å²) < 4.78 is 0. The predicted octanol–water partition coefficient (Wildman–Crippen LogP) is 0.854. The van der Waals surface area contributed by atoms with E-state index in [1.54, 1.807) is 6.92 Å². The molecule has 1 aromatic carbocycles. The van der Waals surface area contributed by atoms with Gasteiger partial charge in [0.1, 0.15) is 0 Å². The lowest BCUT2D eigenvalue weighted by atomic mass is 10.1. The molecule has 2 N–H and O–H groups in total. The Morgan fingerprint density at radius 1 is 1.17 bits per heavy atom. The summed E-state index contributed by atoms with van der Waals surface area (Å²) in [6, 6.07) is 8.04. The van der Waals surface area contributed by atoms with Crippen LogP contribution < -0.4 is 4.90 Å². The van der Waals surface area contributed by atoms with Crippen molar-refractivity contribution in [2.24, 2.45) is 0 Å². The minimum absolute atomic E-state index is 0.226. The topological polar surface area (TPSA) is 46.9 Å². The number of benzene rings is 1. The van der Waals surface area contributed by atoms with E-state index in [9.17, 15) is 5.11 Å². The summed E-state index contributed by atoms with van der Waals surface area (Å²) in [4.78, 5) is 4.58. The second-order valence-corrected chi connectivity index (χ2v) is 4.79. The zero-order chi connectivity index (χ0) is 13.0. The molecule has 0 saturated carbocycles. The summed E-state index contributed by atoms with van der Waals surface area (Å²) in [6.07, 6.45) is -0.434. The number of para-hydroxylation sites is 1. The maximum atomic E-state index is 9.80. The van der Waals surface area contributed by atoms with E-state index in [2.05, 4.69) is 15.9 Å². The molecule has 4 nitrogen and oxygen atoms in total. The lowest BCUT2D eigenvalue weighted by Gasteiger charge is -2.37. The van der Waals surface area contributed by atoms with Gasteiger partial charge in [0.05, 0.1) is 12.7 Å². The van der Waals surface area contributed by atoms with E-state index in [1.807, 2.05) is 18.2 Å². The van der Waals surface area contributed by atoms with Crippen LogP contribution in [0.25, 0.3) is 0 Å². The smallest absolute Gasteiger partial charge is 0.0781 e. The monoisotopic (exact) mass is 250 g/mol. The highest BCUT2D eigenvalue weighted by Gasteiger charge is 2.19. The van der Waals surface area contributed by atoms with Gasteiger partial charge in [-0.25, -0.2) is 0 Å². The molecule has 0 unspecified atom stereocenters. The largest absolute Gasteiger partial charge is 0.395 e. The van der Waals surface area contributed by atoms with Gasteiger partial charge in [0.15, 0.2) is 0 Å². The molecule has 0 radical (unpaired) electrons. The van der Waals surface area contributed by atoms with Crippen LogP contribution in [0.4, 0.5) is 5.69 Å². The van der Waals surface area contributed by atoms with E-state index in [-0.39, 0.29) is 6.61 Å². The van der Waals surface area contributed by atoms with Crippen LogP contribution in [0.1, 0.15) is 18.6 Å². The molecular weight excluding hydrogens is 228 g/mol. The zero-order valence-corrected chi connectivity index (χ0v) is 10.9. The van der Waals surface area contributed by atoms with Crippen molar-refractivity contribution < 1.29 is 10.2 Å². The number of β-amino-alcohol motifs (C(OH)–C–C–N with tert-alkyl or cyclic N) is 1. The van der Waals surface area contributed by atoms with Gasteiger partial charge in [-0.2, -0.15) is 0 Å². The van der Waals surface area contributed by atoms with Crippen LogP contribution in [0, 0.1) is 0 Å². The van der Waals surface area contributed by atoms with E-state index in [1.165, 1.54) is 0 Å². The van der Waals surface area contributed by atoms with Crippen LogP contribution in [0.3, 0.4) is 0 Å². The molecule has 4 heteroatoms. The molecule has 0 spiro atoms. The minimum atomic E-state index is -0.434. The molecule has 1 aliphatic heterocycles. The van der Waals surface area contributed by atoms with Gasteiger partial charge in [-0.05, 0) is 13.0 Å². The van der Waals surface area contributed by atoms with E-state index < -0.39 is 6.10 Å². The van der Waals surface area contributed by atoms with Crippen LogP contribution >= 0.6 is 0 Å². The number of piperazine rings is 1. The minimum Gasteiger partial charge on any atom is -0.395 e. The number of hydrogen-bond donors (Lipinski definition) is 2. The first-order chi connectivity index (χ1) is 8.72. The Hall–Kier alpha value is -1.10. The Morgan fingerprint density at radius 3 is 2.44 bits per heavy atom. The number of rotatable bonds is 4. The fourth-order valence-electron chi connectivity index (χ4n) is 2.48. The van der Waals surface area contributed by atoms with Crippen LogP contribution in [0.2, 0.25) is 0 Å². The number of hydrogen-bond acceptors (Lipinski definition) is 4. The third-order valence-corrected chi connectivity index (χ3v) is 3.52. The van der Waals surface area contributed by atoms with Gasteiger partial charge in [0.2, 0.25) is 0 Å². The fourth-order valence-corrected chi connectivity index (χ4v) is 2.48.